The Morgan fingerprint density at radius 1 is 1.48 bits per heavy atom. The fourth-order valence-corrected chi connectivity index (χ4v) is 3.07. The lowest BCUT2D eigenvalue weighted by molar-refractivity contribution is -0.117. The number of ether oxygens (including phenoxy) is 1. The molecule has 1 aliphatic rings. The minimum atomic E-state index is -0.271. The lowest BCUT2D eigenvalue weighted by Crippen LogP contribution is -2.41. The molecular weight excluding hydrogens is 316 g/mol. The highest BCUT2D eigenvalue weighted by atomic mass is 35.5. The third-order valence-corrected chi connectivity index (χ3v) is 4.84. The molecule has 0 aromatic heterocycles. The molecule has 128 valence electrons. The SMILES string of the molecule is COc1cc(Cl)c(C)cc1NC(=O)CN1CCC(C(C)O)CC1. The average molecular weight is 341 g/mol. The maximum Gasteiger partial charge on any atom is 0.238 e. The van der Waals surface area contributed by atoms with E-state index in [-0.39, 0.29) is 12.0 Å². The van der Waals surface area contributed by atoms with Gasteiger partial charge in [0, 0.05) is 11.1 Å². The van der Waals surface area contributed by atoms with Crippen LogP contribution in [-0.4, -0.2) is 48.8 Å². The Hall–Kier alpha value is -1.30. The number of aryl methyl sites for hydroxylation is 1. The normalized spacial score (nSPS) is 17.8. The van der Waals surface area contributed by atoms with Crippen molar-refractivity contribution in [2.75, 3.05) is 32.1 Å². The van der Waals surface area contributed by atoms with E-state index in [0.717, 1.165) is 31.5 Å². The number of nitrogens with zero attached hydrogens (tertiary/aromatic N) is 1. The molecule has 1 saturated heterocycles. The van der Waals surface area contributed by atoms with Gasteiger partial charge in [0.05, 0.1) is 25.4 Å². The number of hydrogen-bond acceptors (Lipinski definition) is 4. The van der Waals surface area contributed by atoms with Gasteiger partial charge in [0.2, 0.25) is 5.91 Å². The number of rotatable bonds is 5. The molecule has 1 fully saturated rings. The van der Waals surface area contributed by atoms with Crippen LogP contribution in [0.1, 0.15) is 25.3 Å². The summed E-state index contributed by atoms with van der Waals surface area (Å²) in [4.78, 5) is 14.4. The zero-order valence-electron chi connectivity index (χ0n) is 13.9. The van der Waals surface area contributed by atoms with Crippen LogP contribution in [0.4, 0.5) is 5.69 Å². The molecule has 0 spiro atoms. The molecule has 2 N–H and O–H groups in total. The number of anilines is 1. The second kappa shape index (κ2) is 7.99. The number of carbonyl (C=O) groups excluding carboxylic acids is 1. The minimum Gasteiger partial charge on any atom is -0.495 e. The van der Waals surface area contributed by atoms with Gasteiger partial charge < -0.3 is 15.2 Å². The summed E-state index contributed by atoms with van der Waals surface area (Å²) in [6.45, 7) is 5.73. The Bertz CT molecular complexity index is 555. The van der Waals surface area contributed by atoms with Gasteiger partial charge >= 0.3 is 0 Å². The molecule has 0 bridgehead atoms. The van der Waals surface area contributed by atoms with Gasteiger partial charge in [0.1, 0.15) is 5.75 Å². The zero-order valence-corrected chi connectivity index (χ0v) is 14.7. The van der Waals surface area contributed by atoms with E-state index < -0.39 is 0 Å². The number of likely N-dealkylation sites (tertiary alicyclic amines) is 1. The lowest BCUT2D eigenvalue weighted by atomic mass is 9.92. The van der Waals surface area contributed by atoms with Crippen LogP contribution < -0.4 is 10.1 Å². The van der Waals surface area contributed by atoms with Gasteiger partial charge in [-0.25, -0.2) is 0 Å². The number of piperidine rings is 1. The predicted molar refractivity (Wildman–Crippen MR) is 92.2 cm³/mol. The number of carbonyl (C=O) groups is 1. The van der Waals surface area contributed by atoms with Crippen molar-refractivity contribution in [1.29, 1.82) is 0 Å². The molecule has 1 aromatic carbocycles. The molecule has 0 saturated carbocycles. The van der Waals surface area contributed by atoms with Crippen molar-refractivity contribution in [3.05, 3.63) is 22.7 Å². The molecule has 1 aliphatic heterocycles. The smallest absolute Gasteiger partial charge is 0.238 e. The third-order valence-electron chi connectivity index (χ3n) is 4.44. The monoisotopic (exact) mass is 340 g/mol. The second-order valence-electron chi connectivity index (χ2n) is 6.20. The molecule has 1 aromatic rings. The van der Waals surface area contributed by atoms with E-state index in [1.807, 2.05) is 19.9 Å². The predicted octanol–water partition coefficient (Wildman–Crippen LogP) is 2.69. The summed E-state index contributed by atoms with van der Waals surface area (Å²) in [5, 5.41) is 13.1. The number of aliphatic hydroxyl groups excluding tert-OH is 1. The maximum atomic E-state index is 12.3. The van der Waals surface area contributed by atoms with Crippen LogP contribution in [0.15, 0.2) is 12.1 Å². The van der Waals surface area contributed by atoms with E-state index in [9.17, 15) is 9.90 Å². The van der Waals surface area contributed by atoms with Crippen molar-refractivity contribution < 1.29 is 14.6 Å². The lowest BCUT2D eigenvalue weighted by Gasteiger charge is -2.32. The fraction of sp³-hybridized carbons (Fsp3) is 0.588. The molecule has 2 rings (SSSR count). The Balaban J connectivity index is 1.92. The van der Waals surface area contributed by atoms with E-state index in [1.54, 1.807) is 13.2 Å². The van der Waals surface area contributed by atoms with Crippen molar-refractivity contribution in [2.45, 2.75) is 32.8 Å². The summed E-state index contributed by atoms with van der Waals surface area (Å²) < 4.78 is 5.27. The summed E-state index contributed by atoms with van der Waals surface area (Å²) in [6, 6.07) is 3.53. The first-order valence-corrected chi connectivity index (χ1v) is 8.33. The van der Waals surface area contributed by atoms with E-state index >= 15 is 0 Å². The summed E-state index contributed by atoms with van der Waals surface area (Å²) in [5.74, 6) is 0.829. The molecule has 1 unspecified atom stereocenters. The topological polar surface area (TPSA) is 61.8 Å². The largest absolute Gasteiger partial charge is 0.495 e. The third kappa shape index (κ3) is 4.83. The average Bonchev–Trinajstić information content (AvgIpc) is 2.51. The molecule has 5 nitrogen and oxygen atoms in total. The molecular formula is C17H25ClN2O3. The number of aliphatic hydroxyl groups is 1. The summed E-state index contributed by atoms with van der Waals surface area (Å²) in [5.41, 5.74) is 1.53. The number of amides is 1. The molecule has 1 heterocycles. The standard InChI is InChI=1S/C17H25ClN2O3/c1-11-8-15(16(23-3)9-14(11)18)19-17(22)10-20-6-4-13(5-7-20)12(2)21/h8-9,12-13,21H,4-7,10H2,1-3H3,(H,19,22). The van der Waals surface area contributed by atoms with Gasteiger partial charge in [0.25, 0.3) is 0 Å². The number of methoxy groups -OCH3 is 1. The van der Waals surface area contributed by atoms with Crippen LogP contribution in [0.3, 0.4) is 0 Å². The van der Waals surface area contributed by atoms with E-state index in [2.05, 4.69) is 10.2 Å². The molecule has 1 atom stereocenters. The van der Waals surface area contributed by atoms with Crippen LogP contribution in [0.2, 0.25) is 5.02 Å². The number of hydrogen-bond donors (Lipinski definition) is 2. The highest BCUT2D eigenvalue weighted by molar-refractivity contribution is 6.31. The Labute approximate surface area is 142 Å². The molecule has 0 radical (unpaired) electrons. The zero-order chi connectivity index (χ0) is 17.0. The number of benzene rings is 1. The van der Waals surface area contributed by atoms with Gasteiger partial charge in [-0.15, -0.1) is 0 Å². The van der Waals surface area contributed by atoms with Gasteiger partial charge in [-0.1, -0.05) is 11.6 Å². The second-order valence-corrected chi connectivity index (χ2v) is 6.61. The Morgan fingerprint density at radius 3 is 2.70 bits per heavy atom. The summed E-state index contributed by atoms with van der Waals surface area (Å²) in [6.07, 6.45) is 1.58. The van der Waals surface area contributed by atoms with Crippen molar-refractivity contribution in [3.63, 3.8) is 0 Å². The molecule has 1 amide bonds. The molecule has 0 aliphatic carbocycles. The van der Waals surface area contributed by atoms with Gasteiger partial charge in [0.15, 0.2) is 0 Å². The summed E-state index contributed by atoms with van der Waals surface area (Å²) >= 11 is 6.07. The first-order valence-electron chi connectivity index (χ1n) is 7.95. The highest BCUT2D eigenvalue weighted by Crippen LogP contribution is 2.31. The van der Waals surface area contributed by atoms with E-state index in [1.165, 1.54) is 0 Å². The van der Waals surface area contributed by atoms with Crippen LogP contribution in [-0.2, 0) is 4.79 Å². The first-order chi connectivity index (χ1) is 10.9. The highest BCUT2D eigenvalue weighted by Gasteiger charge is 2.24. The van der Waals surface area contributed by atoms with Gasteiger partial charge in [-0.2, -0.15) is 0 Å². The first kappa shape index (κ1) is 18.0. The Kier molecular flexibility index (Phi) is 6.27. The van der Waals surface area contributed by atoms with Crippen LogP contribution in [0.5, 0.6) is 5.75 Å². The van der Waals surface area contributed by atoms with Crippen molar-refractivity contribution in [2.24, 2.45) is 5.92 Å². The maximum absolute atomic E-state index is 12.3. The van der Waals surface area contributed by atoms with E-state index in [0.29, 0.717) is 28.9 Å². The van der Waals surface area contributed by atoms with E-state index in [4.69, 9.17) is 16.3 Å². The van der Waals surface area contributed by atoms with Gasteiger partial charge in [-0.3, -0.25) is 9.69 Å². The number of halogens is 1. The van der Waals surface area contributed by atoms with Crippen molar-refractivity contribution >= 4 is 23.2 Å². The summed E-state index contributed by atoms with van der Waals surface area (Å²) in [7, 11) is 1.55. The number of nitrogens with one attached hydrogen (secondary N) is 1. The van der Waals surface area contributed by atoms with Crippen LogP contribution >= 0.6 is 11.6 Å². The fourth-order valence-electron chi connectivity index (χ4n) is 2.92. The molecule has 6 heteroatoms. The van der Waals surface area contributed by atoms with Crippen LogP contribution in [0, 0.1) is 12.8 Å². The van der Waals surface area contributed by atoms with Crippen molar-refractivity contribution in [3.8, 4) is 5.75 Å². The minimum absolute atomic E-state index is 0.0690. The van der Waals surface area contributed by atoms with Crippen molar-refractivity contribution in [1.82, 2.24) is 4.90 Å². The Morgan fingerprint density at radius 2 is 2.13 bits per heavy atom. The van der Waals surface area contributed by atoms with Gasteiger partial charge in [-0.05, 0) is 57.3 Å². The molecule has 23 heavy (non-hydrogen) atoms. The van der Waals surface area contributed by atoms with Crippen LogP contribution in [0.25, 0.3) is 0 Å². The quantitative estimate of drug-likeness (QED) is 0.865.